The highest BCUT2D eigenvalue weighted by atomic mass is 32.2. The monoisotopic (exact) mass is 282 g/mol. The molecule has 0 aliphatic rings. The van der Waals surface area contributed by atoms with Crippen molar-refractivity contribution in [3.05, 3.63) is 21.6 Å². The van der Waals surface area contributed by atoms with Gasteiger partial charge in [0.2, 0.25) is 5.78 Å². The lowest BCUT2D eigenvalue weighted by molar-refractivity contribution is -0.139. The molecule has 1 N–H and O–H groups in total. The number of aromatic amines is 1. The van der Waals surface area contributed by atoms with E-state index in [1.807, 2.05) is 6.92 Å². The van der Waals surface area contributed by atoms with Crippen molar-refractivity contribution < 1.29 is 9.53 Å². The number of hydrogen-bond acceptors (Lipinski definition) is 6. The van der Waals surface area contributed by atoms with E-state index in [1.165, 1.54) is 18.9 Å². The first kappa shape index (κ1) is 13.6. The van der Waals surface area contributed by atoms with E-state index >= 15 is 0 Å². The Bertz CT molecular complexity index is 691. The molecule has 102 valence electrons. The smallest absolute Gasteiger partial charge is 0.318 e. The van der Waals surface area contributed by atoms with Crippen LogP contribution in [0.3, 0.4) is 0 Å². The van der Waals surface area contributed by atoms with Gasteiger partial charge in [-0.2, -0.15) is 0 Å². The van der Waals surface area contributed by atoms with Crippen LogP contribution in [0.5, 0.6) is 0 Å². The van der Waals surface area contributed by atoms with Gasteiger partial charge in [0.1, 0.15) is 5.25 Å². The van der Waals surface area contributed by atoms with Crippen LogP contribution in [0.25, 0.3) is 5.78 Å². The van der Waals surface area contributed by atoms with E-state index in [-0.39, 0.29) is 11.5 Å². The van der Waals surface area contributed by atoms with Gasteiger partial charge in [0.25, 0.3) is 5.56 Å². The van der Waals surface area contributed by atoms with Crippen molar-refractivity contribution >= 4 is 23.5 Å². The molecule has 8 heteroatoms. The number of nitrogens with zero attached hydrogens (tertiary/aromatic N) is 3. The van der Waals surface area contributed by atoms with E-state index in [2.05, 4.69) is 19.9 Å². The molecule has 0 aliphatic carbocycles. The Morgan fingerprint density at radius 2 is 2.11 bits per heavy atom. The Labute approximate surface area is 113 Å². The molecule has 2 rings (SSSR count). The Morgan fingerprint density at radius 3 is 2.74 bits per heavy atom. The van der Waals surface area contributed by atoms with Crippen LogP contribution in [0.1, 0.15) is 18.2 Å². The standard InChI is InChI=1S/C11H14N4O3S/c1-5-6(2)15-10(12-8(5)16)13-14-11(15)19-7(3)9(17)18-4/h7H,1-4H3,(H,12,13,16). The topological polar surface area (TPSA) is 89.3 Å². The number of ether oxygens (including phenoxy) is 1. The minimum Gasteiger partial charge on any atom is -0.468 e. The molecule has 2 aromatic rings. The first-order valence-electron chi connectivity index (χ1n) is 5.64. The number of rotatable bonds is 3. The first-order chi connectivity index (χ1) is 8.95. The fraction of sp³-hybridized carbons (Fsp3) is 0.455. The molecule has 0 fully saturated rings. The molecular formula is C11H14N4O3S. The summed E-state index contributed by atoms with van der Waals surface area (Å²) in [4.78, 5) is 25.7. The molecule has 0 aliphatic heterocycles. The lowest BCUT2D eigenvalue weighted by atomic mass is 10.3. The molecule has 0 aromatic carbocycles. The minimum absolute atomic E-state index is 0.185. The largest absolute Gasteiger partial charge is 0.468 e. The van der Waals surface area contributed by atoms with Crippen LogP contribution in [0.4, 0.5) is 0 Å². The average Bonchev–Trinajstić information content (AvgIpc) is 2.77. The number of hydrogen-bond donors (Lipinski definition) is 1. The van der Waals surface area contributed by atoms with Crippen LogP contribution in [-0.4, -0.2) is 37.9 Å². The lowest BCUT2D eigenvalue weighted by Gasteiger charge is -2.09. The SMILES string of the molecule is COC(=O)C(C)Sc1nnc2[nH]c(=O)c(C)c(C)n12. The highest BCUT2D eigenvalue weighted by Crippen LogP contribution is 2.23. The normalized spacial score (nSPS) is 12.6. The van der Waals surface area contributed by atoms with Crippen molar-refractivity contribution in [2.24, 2.45) is 0 Å². The van der Waals surface area contributed by atoms with E-state index < -0.39 is 5.25 Å². The summed E-state index contributed by atoms with van der Waals surface area (Å²) in [6.07, 6.45) is 0. The number of aryl methyl sites for hydroxylation is 1. The Kier molecular flexibility index (Phi) is 3.61. The second kappa shape index (κ2) is 5.04. The summed E-state index contributed by atoms with van der Waals surface area (Å²) in [6.45, 7) is 5.27. The molecular weight excluding hydrogens is 268 g/mol. The lowest BCUT2D eigenvalue weighted by Crippen LogP contribution is -2.17. The third-order valence-electron chi connectivity index (χ3n) is 2.89. The van der Waals surface area contributed by atoms with Crippen molar-refractivity contribution in [2.75, 3.05) is 7.11 Å². The molecule has 2 aromatic heterocycles. The number of fused-ring (bicyclic) bond motifs is 1. The van der Waals surface area contributed by atoms with Crippen molar-refractivity contribution in [1.82, 2.24) is 19.6 Å². The molecule has 19 heavy (non-hydrogen) atoms. The summed E-state index contributed by atoms with van der Waals surface area (Å²) in [5.41, 5.74) is 1.16. The number of methoxy groups -OCH3 is 1. The van der Waals surface area contributed by atoms with Gasteiger partial charge in [-0.15, -0.1) is 10.2 Å². The molecule has 0 amide bonds. The fourth-order valence-electron chi connectivity index (χ4n) is 1.63. The molecule has 1 atom stereocenters. The number of thioether (sulfide) groups is 1. The second-order valence-electron chi connectivity index (χ2n) is 4.09. The molecule has 0 spiro atoms. The van der Waals surface area contributed by atoms with E-state index in [0.717, 1.165) is 5.69 Å². The Balaban J connectivity index is 2.49. The molecule has 1 unspecified atom stereocenters. The van der Waals surface area contributed by atoms with Crippen LogP contribution >= 0.6 is 11.8 Å². The number of H-pyrrole nitrogens is 1. The Morgan fingerprint density at radius 1 is 1.42 bits per heavy atom. The van der Waals surface area contributed by atoms with E-state index in [4.69, 9.17) is 0 Å². The van der Waals surface area contributed by atoms with Crippen molar-refractivity contribution in [1.29, 1.82) is 0 Å². The van der Waals surface area contributed by atoms with Crippen LogP contribution in [0, 0.1) is 13.8 Å². The van der Waals surface area contributed by atoms with Crippen LogP contribution in [0.2, 0.25) is 0 Å². The van der Waals surface area contributed by atoms with E-state index in [0.29, 0.717) is 16.5 Å². The maximum absolute atomic E-state index is 11.6. The van der Waals surface area contributed by atoms with Gasteiger partial charge in [-0.3, -0.25) is 19.0 Å². The molecule has 0 radical (unpaired) electrons. The highest BCUT2D eigenvalue weighted by Gasteiger charge is 2.20. The van der Waals surface area contributed by atoms with Gasteiger partial charge >= 0.3 is 5.97 Å². The number of carbonyl (C=O) groups is 1. The number of aromatic nitrogens is 4. The molecule has 0 saturated carbocycles. The maximum Gasteiger partial charge on any atom is 0.318 e. The maximum atomic E-state index is 11.6. The quantitative estimate of drug-likeness (QED) is 0.658. The average molecular weight is 282 g/mol. The van der Waals surface area contributed by atoms with Gasteiger partial charge in [-0.05, 0) is 20.8 Å². The van der Waals surface area contributed by atoms with Gasteiger partial charge in [0.05, 0.1) is 7.11 Å². The van der Waals surface area contributed by atoms with Gasteiger partial charge < -0.3 is 4.74 Å². The predicted molar refractivity (Wildman–Crippen MR) is 70.4 cm³/mol. The first-order valence-corrected chi connectivity index (χ1v) is 6.52. The van der Waals surface area contributed by atoms with Crippen LogP contribution < -0.4 is 5.56 Å². The van der Waals surface area contributed by atoms with Gasteiger partial charge in [-0.25, -0.2) is 0 Å². The van der Waals surface area contributed by atoms with Gasteiger partial charge in [0.15, 0.2) is 5.16 Å². The summed E-state index contributed by atoms with van der Waals surface area (Å²) in [7, 11) is 1.34. The molecule has 0 bridgehead atoms. The van der Waals surface area contributed by atoms with Crippen LogP contribution in [-0.2, 0) is 9.53 Å². The summed E-state index contributed by atoms with van der Waals surface area (Å²) in [6, 6.07) is 0. The fourth-order valence-corrected chi connectivity index (χ4v) is 2.55. The zero-order valence-electron chi connectivity index (χ0n) is 11.1. The number of nitrogens with one attached hydrogen (secondary N) is 1. The van der Waals surface area contributed by atoms with Crippen LogP contribution in [0.15, 0.2) is 9.95 Å². The highest BCUT2D eigenvalue weighted by molar-refractivity contribution is 8.00. The van der Waals surface area contributed by atoms with E-state index in [1.54, 1.807) is 18.2 Å². The zero-order chi connectivity index (χ0) is 14.2. The zero-order valence-corrected chi connectivity index (χ0v) is 11.9. The molecule has 0 saturated heterocycles. The Hall–Kier alpha value is -1.83. The molecule has 7 nitrogen and oxygen atoms in total. The third-order valence-corrected chi connectivity index (χ3v) is 3.91. The summed E-state index contributed by atoms with van der Waals surface area (Å²) < 4.78 is 6.39. The predicted octanol–water partition coefficient (Wildman–Crippen LogP) is 0.688. The number of carbonyl (C=O) groups excluding carboxylic acids is 1. The van der Waals surface area contributed by atoms with E-state index in [9.17, 15) is 9.59 Å². The number of esters is 1. The van der Waals surface area contributed by atoms with Crippen molar-refractivity contribution in [3.63, 3.8) is 0 Å². The summed E-state index contributed by atoms with van der Waals surface area (Å²) >= 11 is 1.23. The van der Waals surface area contributed by atoms with Gasteiger partial charge in [0, 0.05) is 11.3 Å². The van der Waals surface area contributed by atoms with Gasteiger partial charge in [-0.1, -0.05) is 11.8 Å². The van der Waals surface area contributed by atoms with Crippen molar-refractivity contribution in [3.8, 4) is 0 Å². The minimum atomic E-state index is -0.399. The summed E-state index contributed by atoms with van der Waals surface area (Å²) in [5.74, 6) is 0.0354. The van der Waals surface area contributed by atoms with Crippen molar-refractivity contribution in [2.45, 2.75) is 31.2 Å². The third kappa shape index (κ3) is 2.35. The molecule has 2 heterocycles. The summed E-state index contributed by atoms with van der Waals surface area (Å²) in [5, 5.41) is 8.04. The second-order valence-corrected chi connectivity index (χ2v) is 5.40.